The van der Waals surface area contributed by atoms with Gasteiger partial charge in [0.2, 0.25) is 5.90 Å². The van der Waals surface area contributed by atoms with Gasteiger partial charge in [0.15, 0.2) is 0 Å². The van der Waals surface area contributed by atoms with Crippen molar-refractivity contribution in [2.45, 2.75) is 51.7 Å². The first kappa shape index (κ1) is 15.8. The van der Waals surface area contributed by atoms with Gasteiger partial charge in [0.1, 0.15) is 6.61 Å². The Balaban J connectivity index is 2.48. The van der Waals surface area contributed by atoms with Gasteiger partial charge >= 0.3 is 0 Å². The van der Waals surface area contributed by atoms with E-state index in [-0.39, 0.29) is 5.54 Å². The van der Waals surface area contributed by atoms with Gasteiger partial charge in [-0.1, -0.05) is 44.2 Å². The van der Waals surface area contributed by atoms with Crippen molar-refractivity contribution in [1.29, 1.82) is 0 Å². The second-order valence-corrected chi connectivity index (χ2v) is 6.23. The summed E-state index contributed by atoms with van der Waals surface area (Å²) in [6, 6.07) is 10.00. The van der Waals surface area contributed by atoms with Crippen LogP contribution in [0.15, 0.2) is 40.9 Å². The number of hydrogen-bond donors (Lipinski definition) is 1. The van der Waals surface area contributed by atoms with E-state index in [0.29, 0.717) is 25.3 Å². The maximum atomic E-state index is 11.0. The van der Waals surface area contributed by atoms with Crippen LogP contribution in [-0.2, 0) is 4.74 Å². The normalized spacial score (nSPS) is 18.3. The second kappa shape index (κ2) is 6.02. The number of aliphatic imine (C=N–C) groups is 1. The van der Waals surface area contributed by atoms with Crippen molar-refractivity contribution in [3.05, 3.63) is 41.5 Å². The highest BCUT2D eigenvalue weighted by Gasteiger charge is 2.37. The standard InChI is InChI=1S/C18H25NO2/c1-5-18(20,6-2)15(12-14-10-8-7-9-11-14)16-19-17(3,4)13-21-16/h7-12,20H,5-6,13H2,1-4H3/b15-12-. The molecular weight excluding hydrogens is 262 g/mol. The van der Waals surface area contributed by atoms with Gasteiger partial charge in [0.25, 0.3) is 0 Å². The van der Waals surface area contributed by atoms with Crippen LogP contribution in [0.3, 0.4) is 0 Å². The molecule has 0 atom stereocenters. The summed E-state index contributed by atoms with van der Waals surface area (Å²) >= 11 is 0. The Labute approximate surface area is 127 Å². The molecule has 0 bridgehead atoms. The van der Waals surface area contributed by atoms with E-state index in [1.165, 1.54) is 0 Å². The van der Waals surface area contributed by atoms with Crippen LogP contribution in [0.25, 0.3) is 6.08 Å². The molecule has 0 saturated carbocycles. The Morgan fingerprint density at radius 3 is 2.38 bits per heavy atom. The molecule has 0 aromatic heterocycles. The quantitative estimate of drug-likeness (QED) is 0.894. The molecule has 0 saturated heterocycles. The lowest BCUT2D eigenvalue weighted by Gasteiger charge is -2.28. The minimum atomic E-state index is -0.908. The van der Waals surface area contributed by atoms with Crippen LogP contribution < -0.4 is 0 Å². The molecule has 1 aliphatic rings. The van der Waals surface area contributed by atoms with Gasteiger partial charge < -0.3 is 9.84 Å². The third-order valence-corrected chi connectivity index (χ3v) is 3.98. The number of aliphatic hydroxyl groups is 1. The largest absolute Gasteiger partial charge is 0.475 e. The highest BCUT2D eigenvalue weighted by Crippen LogP contribution is 2.32. The highest BCUT2D eigenvalue weighted by molar-refractivity contribution is 6.01. The van der Waals surface area contributed by atoms with Crippen molar-refractivity contribution in [2.24, 2.45) is 4.99 Å². The molecule has 21 heavy (non-hydrogen) atoms. The summed E-state index contributed by atoms with van der Waals surface area (Å²) in [4.78, 5) is 4.65. The summed E-state index contributed by atoms with van der Waals surface area (Å²) in [6.45, 7) is 8.61. The van der Waals surface area contributed by atoms with E-state index in [1.54, 1.807) is 0 Å². The smallest absolute Gasteiger partial charge is 0.215 e. The first-order valence-corrected chi connectivity index (χ1v) is 7.63. The maximum Gasteiger partial charge on any atom is 0.215 e. The molecule has 0 radical (unpaired) electrons. The zero-order valence-corrected chi connectivity index (χ0v) is 13.4. The van der Waals surface area contributed by atoms with Gasteiger partial charge in [-0.3, -0.25) is 0 Å². The Hall–Kier alpha value is -1.61. The predicted molar refractivity (Wildman–Crippen MR) is 87.4 cm³/mol. The molecule has 114 valence electrons. The molecule has 0 fully saturated rings. The summed E-state index contributed by atoms with van der Waals surface area (Å²) in [7, 11) is 0. The van der Waals surface area contributed by atoms with E-state index in [9.17, 15) is 5.11 Å². The lowest BCUT2D eigenvalue weighted by Crippen LogP contribution is -2.33. The van der Waals surface area contributed by atoms with E-state index in [0.717, 1.165) is 11.1 Å². The molecule has 1 aromatic rings. The van der Waals surface area contributed by atoms with Gasteiger partial charge in [-0.25, -0.2) is 4.99 Å². The van der Waals surface area contributed by atoms with E-state index >= 15 is 0 Å². The van der Waals surface area contributed by atoms with Gasteiger partial charge in [0.05, 0.1) is 11.1 Å². The fourth-order valence-electron chi connectivity index (χ4n) is 2.46. The van der Waals surface area contributed by atoms with Crippen LogP contribution in [0.2, 0.25) is 0 Å². The van der Waals surface area contributed by atoms with Crippen molar-refractivity contribution in [3.8, 4) is 0 Å². The van der Waals surface area contributed by atoms with Gasteiger partial charge in [-0.2, -0.15) is 0 Å². The summed E-state index contributed by atoms with van der Waals surface area (Å²) in [5.41, 5.74) is 0.691. The number of benzene rings is 1. The average Bonchev–Trinajstić information content (AvgIpc) is 2.85. The van der Waals surface area contributed by atoms with Crippen molar-refractivity contribution < 1.29 is 9.84 Å². The van der Waals surface area contributed by atoms with Crippen LogP contribution in [0.5, 0.6) is 0 Å². The fraction of sp³-hybridized carbons (Fsp3) is 0.500. The Morgan fingerprint density at radius 2 is 1.90 bits per heavy atom. The Bertz CT molecular complexity index is 540. The molecule has 3 nitrogen and oxygen atoms in total. The van der Waals surface area contributed by atoms with Crippen LogP contribution in [0, 0.1) is 0 Å². The van der Waals surface area contributed by atoms with Crippen LogP contribution in [0.1, 0.15) is 46.1 Å². The third kappa shape index (κ3) is 3.53. The highest BCUT2D eigenvalue weighted by atomic mass is 16.5. The SMILES string of the molecule is CCC(O)(CC)/C(=C\c1ccccc1)C1=NC(C)(C)CO1. The van der Waals surface area contributed by atoms with Crippen molar-refractivity contribution in [3.63, 3.8) is 0 Å². The fourth-order valence-corrected chi connectivity index (χ4v) is 2.46. The Morgan fingerprint density at radius 1 is 1.29 bits per heavy atom. The van der Waals surface area contributed by atoms with E-state index in [1.807, 2.05) is 64.1 Å². The second-order valence-electron chi connectivity index (χ2n) is 6.23. The molecule has 1 aliphatic heterocycles. The number of hydrogen-bond acceptors (Lipinski definition) is 3. The summed E-state index contributed by atoms with van der Waals surface area (Å²) in [5.74, 6) is 0.579. The minimum absolute atomic E-state index is 0.229. The molecule has 0 spiro atoms. The summed E-state index contributed by atoms with van der Waals surface area (Å²) in [6.07, 6.45) is 3.25. The molecule has 1 N–H and O–H groups in total. The zero-order chi connectivity index (χ0) is 15.5. The lowest BCUT2D eigenvalue weighted by molar-refractivity contribution is 0.0742. The number of rotatable bonds is 5. The molecule has 0 aliphatic carbocycles. The molecular formula is C18H25NO2. The van der Waals surface area contributed by atoms with Crippen molar-refractivity contribution in [1.82, 2.24) is 0 Å². The monoisotopic (exact) mass is 287 g/mol. The van der Waals surface area contributed by atoms with Crippen LogP contribution in [-0.4, -0.2) is 28.8 Å². The summed E-state index contributed by atoms with van der Waals surface area (Å²) < 4.78 is 5.77. The van der Waals surface area contributed by atoms with Crippen LogP contribution in [0.4, 0.5) is 0 Å². The maximum absolute atomic E-state index is 11.0. The minimum Gasteiger partial charge on any atom is -0.475 e. The lowest BCUT2D eigenvalue weighted by atomic mass is 9.86. The summed E-state index contributed by atoms with van der Waals surface area (Å²) in [5, 5.41) is 11.0. The first-order valence-electron chi connectivity index (χ1n) is 7.63. The number of ether oxygens (including phenoxy) is 1. The molecule has 0 amide bonds. The van der Waals surface area contributed by atoms with Gasteiger partial charge in [-0.15, -0.1) is 0 Å². The topological polar surface area (TPSA) is 41.8 Å². The van der Waals surface area contributed by atoms with E-state index in [4.69, 9.17) is 4.74 Å². The molecule has 0 unspecified atom stereocenters. The van der Waals surface area contributed by atoms with Crippen molar-refractivity contribution in [2.75, 3.05) is 6.61 Å². The number of nitrogens with zero attached hydrogens (tertiary/aromatic N) is 1. The van der Waals surface area contributed by atoms with Crippen LogP contribution >= 0.6 is 0 Å². The average molecular weight is 287 g/mol. The first-order chi connectivity index (χ1) is 9.90. The Kier molecular flexibility index (Phi) is 4.52. The van der Waals surface area contributed by atoms with Crippen molar-refractivity contribution >= 4 is 12.0 Å². The molecule has 3 heteroatoms. The predicted octanol–water partition coefficient (Wildman–Crippen LogP) is 3.83. The van der Waals surface area contributed by atoms with Gasteiger partial charge in [0, 0.05) is 5.57 Å². The van der Waals surface area contributed by atoms with Gasteiger partial charge in [-0.05, 0) is 38.3 Å². The molecule has 1 heterocycles. The third-order valence-electron chi connectivity index (χ3n) is 3.98. The van der Waals surface area contributed by atoms with E-state index in [2.05, 4.69) is 4.99 Å². The molecule has 1 aromatic carbocycles. The molecule has 2 rings (SSSR count). The van der Waals surface area contributed by atoms with E-state index < -0.39 is 5.60 Å². The zero-order valence-electron chi connectivity index (χ0n) is 13.4.